The van der Waals surface area contributed by atoms with E-state index < -0.39 is 0 Å². The number of para-hydroxylation sites is 1. The van der Waals surface area contributed by atoms with E-state index in [0.29, 0.717) is 13.0 Å². The van der Waals surface area contributed by atoms with Gasteiger partial charge in [0.2, 0.25) is 0 Å². The van der Waals surface area contributed by atoms with Gasteiger partial charge in [-0.25, -0.2) is 0 Å². The number of ketones is 1. The number of nitrogens with one attached hydrogen (secondary N) is 2. The van der Waals surface area contributed by atoms with Gasteiger partial charge in [-0.2, -0.15) is 0 Å². The van der Waals surface area contributed by atoms with Crippen LogP contribution in [0.4, 0.5) is 0 Å². The SMILES string of the molecule is CC(=O)C(Cc1c[nH]c2ccccc12)NCc1ccc(O)cc1. The summed E-state index contributed by atoms with van der Waals surface area (Å²) in [6.45, 7) is 2.20. The van der Waals surface area contributed by atoms with Crippen LogP contribution in [0.25, 0.3) is 10.9 Å². The Kier molecular flexibility index (Phi) is 4.44. The number of Topliss-reactive ketones (excluding diaryl/α,β-unsaturated/α-hetero) is 1. The monoisotopic (exact) mass is 308 g/mol. The molecule has 0 aliphatic rings. The highest BCUT2D eigenvalue weighted by Crippen LogP contribution is 2.19. The van der Waals surface area contributed by atoms with Crippen LogP contribution in [0.1, 0.15) is 18.1 Å². The van der Waals surface area contributed by atoms with Crippen molar-refractivity contribution in [2.24, 2.45) is 0 Å². The number of fused-ring (bicyclic) bond motifs is 1. The summed E-state index contributed by atoms with van der Waals surface area (Å²) in [6.07, 6.45) is 2.63. The third-order valence-electron chi connectivity index (χ3n) is 4.08. The molecule has 4 nitrogen and oxygen atoms in total. The molecule has 118 valence electrons. The summed E-state index contributed by atoms with van der Waals surface area (Å²) in [4.78, 5) is 15.2. The van der Waals surface area contributed by atoms with Crippen molar-refractivity contribution in [3.8, 4) is 5.75 Å². The molecule has 0 amide bonds. The quantitative estimate of drug-likeness (QED) is 0.655. The molecule has 0 radical (unpaired) electrons. The molecule has 0 saturated carbocycles. The topological polar surface area (TPSA) is 65.1 Å². The largest absolute Gasteiger partial charge is 0.508 e. The Bertz CT molecular complexity index is 806. The molecular formula is C19H20N2O2. The number of aromatic amines is 1. The second kappa shape index (κ2) is 6.67. The maximum atomic E-state index is 12.0. The minimum atomic E-state index is -0.233. The zero-order chi connectivity index (χ0) is 16.2. The molecule has 3 rings (SSSR count). The van der Waals surface area contributed by atoms with Gasteiger partial charge in [-0.05, 0) is 42.7 Å². The number of benzene rings is 2. The van der Waals surface area contributed by atoms with E-state index in [1.807, 2.05) is 36.5 Å². The Morgan fingerprint density at radius 1 is 1.17 bits per heavy atom. The number of hydrogen-bond acceptors (Lipinski definition) is 3. The Morgan fingerprint density at radius 2 is 1.91 bits per heavy atom. The van der Waals surface area contributed by atoms with Crippen LogP contribution >= 0.6 is 0 Å². The molecule has 2 aromatic carbocycles. The molecule has 0 saturated heterocycles. The molecule has 0 aliphatic carbocycles. The molecule has 23 heavy (non-hydrogen) atoms. The highest BCUT2D eigenvalue weighted by atomic mass is 16.3. The van der Waals surface area contributed by atoms with Gasteiger partial charge in [0.25, 0.3) is 0 Å². The summed E-state index contributed by atoms with van der Waals surface area (Å²) in [6, 6.07) is 14.9. The zero-order valence-electron chi connectivity index (χ0n) is 13.0. The lowest BCUT2D eigenvalue weighted by atomic mass is 10.0. The van der Waals surface area contributed by atoms with Crippen LogP contribution in [0, 0.1) is 0 Å². The van der Waals surface area contributed by atoms with Gasteiger partial charge in [0.1, 0.15) is 11.5 Å². The van der Waals surface area contributed by atoms with Gasteiger partial charge in [-0.15, -0.1) is 0 Å². The van der Waals surface area contributed by atoms with Crippen molar-refractivity contribution in [2.75, 3.05) is 0 Å². The Morgan fingerprint density at radius 3 is 2.65 bits per heavy atom. The molecule has 0 spiro atoms. The first-order valence-corrected chi connectivity index (χ1v) is 7.70. The Hall–Kier alpha value is -2.59. The maximum absolute atomic E-state index is 12.0. The summed E-state index contributed by atoms with van der Waals surface area (Å²) < 4.78 is 0. The number of carbonyl (C=O) groups is 1. The molecule has 1 aromatic heterocycles. The third-order valence-corrected chi connectivity index (χ3v) is 4.08. The van der Waals surface area contributed by atoms with E-state index in [-0.39, 0.29) is 17.6 Å². The van der Waals surface area contributed by atoms with E-state index in [1.165, 1.54) is 0 Å². The highest BCUT2D eigenvalue weighted by Gasteiger charge is 2.16. The van der Waals surface area contributed by atoms with Crippen molar-refractivity contribution in [3.05, 3.63) is 65.9 Å². The fourth-order valence-corrected chi connectivity index (χ4v) is 2.73. The van der Waals surface area contributed by atoms with Crippen molar-refractivity contribution in [3.63, 3.8) is 0 Å². The number of phenols is 1. The first kappa shape index (κ1) is 15.3. The number of carbonyl (C=O) groups excluding carboxylic acids is 1. The fraction of sp³-hybridized carbons (Fsp3) is 0.211. The van der Waals surface area contributed by atoms with Crippen LogP contribution in [0.2, 0.25) is 0 Å². The van der Waals surface area contributed by atoms with Crippen molar-refractivity contribution in [2.45, 2.75) is 25.9 Å². The molecular weight excluding hydrogens is 288 g/mol. The van der Waals surface area contributed by atoms with Gasteiger partial charge in [0, 0.05) is 23.6 Å². The summed E-state index contributed by atoms with van der Waals surface area (Å²) in [5, 5.41) is 13.8. The molecule has 1 heterocycles. The van der Waals surface area contributed by atoms with Crippen LogP contribution in [0.5, 0.6) is 5.75 Å². The summed E-state index contributed by atoms with van der Waals surface area (Å²) in [7, 11) is 0. The summed E-state index contributed by atoms with van der Waals surface area (Å²) in [5.74, 6) is 0.365. The predicted molar refractivity (Wildman–Crippen MR) is 91.4 cm³/mol. The van der Waals surface area contributed by atoms with Crippen molar-refractivity contribution in [1.29, 1.82) is 0 Å². The van der Waals surface area contributed by atoms with Crippen LogP contribution in [0.3, 0.4) is 0 Å². The minimum absolute atomic E-state index is 0.119. The Labute approximate surface area is 135 Å². The number of rotatable bonds is 6. The number of hydrogen-bond donors (Lipinski definition) is 3. The van der Waals surface area contributed by atoms with E-state index in [4.69, 9.17) is 0 Å². The van der Waals surface area contributed by atoms with Gasteiger partial charge in [0.05, 0.1) is 6.04 Å². The van der Waals surface area contributed by atoms with Crippen LogP contribution in [0.15, 0.2) is 54.7 Å². The number of aromatic nitrogens is 1. The third kappa shape index (κ3) is 3.60. The summed E-state index contributed by atoms with van der Waals surface area (Å²) >= 11 is 0. The van der Waals surface area contributed by atoms with Gasteiger partial charge in [-0.1, -0.05) is 30.3 Å². The average Bonchev–Trinajstić information content (AvgIpc) is 2.96. The smallest absolute Gasteiger partial charge is 0.147 e. The normalized spacial score (nSPS) is 12.4. The van der Waals surface area contributed by atoms with Crippen molar-refractivity contribution >= 4 is 16.7 Å². The van der Waals surface area contributed by atoms with E-state index in [2.05, 4.69) is 16.4 Å². The van der Waals surface area contributed by atoms with Crippen LogP contribution in [-0.2, 0) is 17.8 Å². The lowest BCUT2D eigenvalue weighted by Gasteiger charge is -2.16. The van der Waals surface area contributed by atoms with E-state index in [1.54, 1.807) is 19.1 Å². The first-order chi connectivity index (χ1) is 11.1. The second-order valence-corrected chi connectivity index (χ2v) is 5.77. The molecule has 3 N–H and O–H groups in total. The van der Waals surface area contributed by atoms with E-state index in [9.17, 15) is 9.90 Å². The highest BCUT2D eigenvalue weighted by molar-refractivity contribution is 5.86. The van der Waals surface area contributed by atoms with Crippen molar-refractivity contribution < 1.29 is 9.90 Å². The van der Waals surface area contributed by atoms with Crippen LogP contribution < -0.4 is 5.32 Å². The van der Waals surface area contributed by atoms with Crippen LogP contribution in [-0.4, -0.2) is 21.9 Å². The van der Waals surface area contributed by atoms with E-state index in [0.717, 1.165) is 22.0 Å². The zero-order valence-corrected chi connectivity index (χ0v) is 13.0. The lowest BCUT2D eigenvalue weighted by molar-refractivity contribution is -0.119. The number of aromatic hydroxyl groups is 1. The number of H-pyrrole nitrogens is 1. The fourth-order valence-electron chi connectivity index (χ4n) is 2.73. The second-order valence-electron chi connectivity index (χ2n) is 5.77. The lowest BCUT2D eigenvalue weighted by Crippen LogP contribution is -2.36. The molecule has 0 bridgehead atoms. The maximum Gasteiger partial charge on any atom is 0.147 e. The van der Waals surface area contributed by atoms with Gasteiger partial charge in [-0.3, -0.25) is 4.79 Å². The van der Waals surface area contributed by atoms with E-state index >= 15 is 0 Å². The van der Waals surface area contributed by atoms with Gasteiger partial charge < -0.3 is 15.4 Å². The molecule has 1 unspecified atom stereocenters. The first-order valence-electron chi connectivity index (χ1n) is 7.70. The standard InChI is InChI=1S/C19H20N2O2/c1-13(22)19(20-11-14-6-8-16(23)9-7-14)10-15-12-21-18-5-3-2-4-17(15)18/h2-9,12,19-21,23H,10-11H2,1H3. The minimum Gasteiger partial charge on any atom is -0.508 e. The summed E-state index contributed by atoms with van der Waals surface area (Å²) in [5.41, 5.74) is 3.26. The van der Waals surface area contributed by atoms with Gasteiger partial charge >= 0.3 is 0 Å². The average molecular weight is 308 g/mol. The molecule has 1 atom stereocenters. The van der Waals surface area contributed by atoms with Crippen molar-refractivity contribution in [1.82, 2.24) is 10.3 Å². The predicted octanol–water partition coefficient (Wildman–Crippen LogP) is 3.16. The molecule has 3 aromatic rings. The molecule has 0 fully saturated rings. The molecule has 0 aliphatic heterocycles. The van der Waals surface area contributed by atoms with Gasteiger partial charge in [0.15, 0.2) is 0 Å². The number of phenolic OH excluding ortho intramolecular Hbond substituents is 1. The Balaban J connectivity index is 1.71. The molecule has 4 heteroatoms.